The van der Waals surface area contributed by atoms with E-state index in [1.807, 2.05) is 6.07 Å². The molecule has 1 spiro atoms. The number of esters is 3. The molecule has 11 aliphatic rings. The van der Waals surface area contributed by atoms with Crippen LogP contribution in [-0.4, -0.2) is 118 Å². The second-order valence-corrected chi connectivity index (χ2v) is 20.9. The van der Waals surface area contributed by atoms with E-state index in [1.54, 1.807) is 6.08 Å². The van der Waals surface area contributed by atoms with E-state index in [0.29, 0.717) is 38.5 Å². The van der Waals surface area contributed by atoms with Crippen LogP contribution in [0.3, 0.4) is 0 Å². The van der Waals surface area contributed by atoms with Crippen LogP contribution in [0.1, 0.15) is 96.5 Å². The van der Waals surface area contributed by atoms with E-state index in [4.69, 9.17) is 14.2 Å². The average Bonchev–Trinajstić information content (AvgIpc) is 3.89. The number of para-hydroxylation sites is 1. The van der Waals surface area contributed by atoms with Gasteiger partial charge in [-0.3, -0.25) is 9.28 Å². The highest BCUT2D eigenvalue weighted by atomic mass is 16.6. The molecule has 4 N–H and O–H groups in total. The maximum Gasteiger partial charge on any atom is 0.362 e. The van der Waals surface area contributed by atoms with E-state index >= 15 is 0 Å². The SMILES string of the molecule is CC[C@@H]1[C@H]2C[C@H]3[C@H]4N(C)c5ccccc5[C@@]45C[C@@H]([C@@H]2[C@H]5O)[N@@+]3(CC(=O)O[C@H]2CC[C@]3(C(=O)OC)[C@@H]4CC[C@]5(C)[C@H](C6=CC(=O)OC6)CC[C@]5(O)[C@H]4CC[C@@]3(O)C2)[C@@H]1O. The number of carbonyl (C=O) groups excluding carboxylic acids is 3. The van der Waals surface area contributed by atoms with E-state index in [1.165, 1.54) is 12.7 Å². The largest absolute Gasteiger partial charge is 0.468 e. The lowest BCUT2D eigenvalue weighted by molar-refractivity contribution is -1.03. The van der Waals surface area contributed by atoms with Crippen LogP contribution in [0.15, 0.2) is 35.9 Å². The van der Waals surface area contributed by atoms with Crippen LogP contribution in [0.5, 0.6) is 0 Å². The van der Waals surface area contributed by atoms with Crippen molar-refractivity contribution in [3.63, 3.8) is 0 Å². The predicted molar refractivity (Wildman–Crippen MR) is 208 cm³/mol. The van der Waals surface area contributed by atoms with Gasteiger partial charge in [0.15, 0.2) is 12.8 Å². The number of piperidine rings is 4. The quantitative estimate of drug-likeness (QED) is 0.189. The number of carbonyl (C=O) groups is 3. The number of hydrogen-bond acceptors (Lipinski definition) is 11. The Balaban J connectivity index is 0.871. The third-order valence-electron chi connectivity index (χ3n) is 19.9. The Bertz CT molecular complexity index is 2010. The Labute approximate surface area is 340 Å². The Morgan fingerprint density at radius 2 is 1.78 bits per heavy atom. The molecule has 1 aromatic carbocycles. The second-order valence-electron chi connectivity index (χ2n) is 20.9. The van der Waals surface area contributed by atoms with Gasteiger partial charge >= 0.3 is 17.9 Å². The minimum absolute atomic E-state index is 0.00132. The molecule has 5 bridgehead atoms. The Morgan fingerprint density at radius 1 is 1.00 bits per heavy atom. The van der Waals surface area contributed by atoms with Crippen molar-refractivity contribution in [2.75, 3.05) is 32.2 Å². The van der Waals surface area contributed by atoms with Gasteiger partial charge < -0.3 is 39.5 Å². The molecule has 4 saturated heterocycles. The molecule has 0 aromatic heterocycles. The van der Waals surface area contributed by atoms with E-state index in [9.17, 15) is 34.8 Å². The molecule has 0 radical (unpaired) electrons. The lowest BCUT2D eigenvalue weighted by Gasteiger charge is -2.67. The first kappa shape index (κ1) is 37.9. The van der Waals surface area contributed by atoms with Gasteiger partial charge in [-0.2, -0.15) is 0 Å². The van der Waals surface area contributed by atoms with Crippen molar-refractivity contribution < 1.29 is 53.5 Å². The normalized spacial score (nSPS) is 52.6. The first-order chi connectivity index (χ1) is 27.7. The van der Waals surface area contributed by atoms with Crippen molar-refractivity contribution in [1.82, 2.24) is 0 Å². The second kappa shape index (κ2) is 12.1. The summed E-state index contributed by atoms with van der Waals surface area (Å²) in [5.74, 6) is -1.64. The molecule has 0 unspecified atom stereocenters. The molecule has 58 heavy (non-hydrogen) atoms. The Kier molecular flexibility index (Phi) is 7.90. The van der Waals surface area contributed by atoms with Crippen LogP contribution < -0.4 is 4.90 Å². The maximum absolute atomic E-state index is 14.6. The highest BCUT2D eigenvalue weighted by molar-refractivity contribution is 5.85. The highest BCUT2D eigenvalue weighted by Crippen LogP contribution is 2.73. The average molecular weight is 802 g/mol. The number of ether oxygens (including phenoxy) is 3. The third kappa shape index (κ3) is 4.14. The number of benzene rings is 1. The van der Waals surface area contributed by atoms with Crippen molar-refractivity contribution in [3.05, 3.63) is 41.5 Å². The molecule has 314 valence electrons. The summed E-state index contributed by atoms with van der Waals surface area (Å²) in [5, 5.41) is 50.6. The zero-order chi connectivity index (χ0) is 40.5. The van der Waals surface area contributed by atoms with Gasteiger partial charge in [-0.05, 0) is 98.7 Å². The molecule has 0 amide bonds. The summed E-state index contributed by atoms with van der Waals surface area (Å²) in [6.45, 7) is 4.49. The molecule has 5 saturated carbocycles. The van der Waals surface area contributed by atoms with Gasteiger partial charge in [0.1, 0.15) is 18.8 Å². The molecule has 12 rings (SSSR count). The van der Waals surface area contributed by atoms with Gasteiger partial charge in [-0.25, -0.2) is 9.59 Å². The van der Waals surface area contributed by atoms with Crippen LogP contribution in [0, 0.1) is 46.3 Å². The van der Waals surface area contributed by atoms with Gasteiger partial charge in [0.05, 0.1) is 47.3 Å². The van der Waals surface area contributed by atoms with Crippen molar-refractivity contribution in [1.29, 1.82) is 0 Å². The fourth-order valence-corrected chi connectivity index (χ4v) is 17.9. The monoisotopic (exact) mass is 801 g/mol. The summed E-state index contributed by atoms with van der Waals surface area (Å²) in [5.41, 5.74) is -1.55. The van der Waals surface area contributed by atoms with Crippen LogP contribution in [0.4, 0.5) is 5.69 Å². The van der Waals surface area contributed by atoms with Gasteiger partial charge in [-0.15, -0.1) is 0 Å². The number of quaternary nitrogens is 1. The fraction of sp³-hybridized carbons (Fsp3) is 0.761. The summed E-state index contributed by atoms with van der Waals surface area (Å²) in [6.07, 6.45) is 6.02. The summed E-state index contributed by atoms with van der Waals surface area (Å²) < 4.78 is 17.5. The smallest absolute Gasteiger partial charge is 0.362 e. The summed E-state index contributed by atoms with van der Waals surface area (Å²) in [6, 6.07) is 8.21. The fourth-order valence-electron chi connectivity index (χ4n) is 17.9. The molecule has 12 heteroatoms. The van der Waals surface area contributed by atoms with Crippen molar-refractivity contribution in [2.24, 2.45) is 46.3 Å². The van der Waals surface area contributed by atoms with Gasteiger partial charge in [0, 0.05) is 55.3 Å². The highest BCUT2D eigenvalue weighted by Gasteiger charge is 2.83. The summed E-state index contributed by atoms with van der Waals surface area (Å²) in [4.78, 5) is 43.2. The molecule has 6 heterocycles. The van der Waals surface area contributed by atoms with E-state index < -0.39 is 57.8 Å². The molecule has 6 aliphatic heterocycles. The Hall–Kier alpha value is -3.03. The number of anilines is 1. The maximum atomic E-state index is 14.6. The minimum atomic E-state index is -1.50. The number of likely N-dealkylation sites (N-methyl/N-ethyl adjacent to an activating group) is 1. The number of nitrogens with zero attached hydrogens (tertiary/aromatic N) is 2. The molecular formula is C46H61N2O10+. The molecule has 18 atom stereocenters. The predicted octanol–water partition coefficient (Wildman–Crippen LogP) is 3.51. The van der Waals surface area contributed by atoms with Crippen molar-refractivity contribution in [3.8, 4) is 0 Å². The number of rotatable bonds is 6. The van der Waals surface area contributed by atoms with Crippen LogP contribution >= 0.6 is 0 Å². The molecular weight excluding hydrogens is 741 g/mol. The first-order valence-electron chi connectivity index (χ1n) is 22.3. The number of cyclic esters (lactones) is 1. The topological polar surface area (TPSA) is 163 Å². The summed E-state index contributed by atoms with van der Waals surface area (Å²) in [7, 11) is 3.48. The zero-order valence-corrected chi connectivity index (χ0v) is 34.3. The number of hydrogen-bond donors (Lipinski definition) is 4. The number of aliphatic hydroxyl groups is 4. The molecule has 12 nitrogen and oxygen atoms in total. The molecule has 5 aliphatic carbocycles. The molecule has 9 fully saturated rings. The minimum Gasteiger partial charge on any atom is -0.468 e. The van der Waals surface area contributed by atoms with E-state index in [0.717, 1.165) is 30.5 Å². The van der Waals surface area contributed by atoms with Crippen LogP contribution in [0.2, 0.25) is 0 Å². The van der Waals surface area contributed by atoms with E-state index in [-0.39, 0.29) is 96.5 Å². The lowest BCUT2D eigenvalue weighted by Crippen LogP contribution is -2.83. The zero-order valence-electron chi connectivity index (χ0n) is 34.3. The van der Waals surface area contributed by atoms with Gasteiger partial charge in [0.2, 0.25) is 0 Å². The van der Waals surface area contributed by atoms with Crippen molar-refractivity contribution >= 4 is 23.6 Å². The van der Waals surface area contributed by atoms with Gasteiger partial charge in [-0.1, -0.05) is 32.0 Å². The number of methoxy groups -OCH3 is 1. The summed E-state index contributed by atoms with van der Waals surface area (Å²) >= 11 is 0. The van der Waals surface area contributed by atoms with Crippen LogP contribution in [-0.2, 0) is 34.0 Å². The third-order valence-corrected chi connectivity index (χ3v) is 19.9. The Morgan fingerprint density at radius 3 is 2.52 bits per heavy atom. The standard InChI is InChI=1S/C46H61N2O10/c1-5-26-27-19-33-38-44(31-8-6-7-9-32(31)47(38)3)21-34(37(27)39(44)51)48(33,40(26)52)22-36(50)58-25-10-16-45(41(53)56-4)29-11-14-42(2)28(24-18-35(49)57-23-24)13-17-46(42,55)30(29)12-15-43(45,54)20-25/h6-9,18,25-30,33-34,37-40,51-52,54-55H,5,10-17,19-23H2,1-4H3/q+1/t25-,26+,27+,28-,29+,30-,33-,34-,37+,38+,39+,40+,42+,43+,44-,45+,46-,48-/m0/s1. The van der Waals surface area contributed by atoms with E-state index in [2.05, 4.69) is 44.0 Å². The lowest BCUT2D eigenvalue weighted by atomic mass is 9.41. The first-order valence-corrected chi connectivity index (χ1v) is 22.3. The number of aliphatic hydroxyl groups excluding tert-OH is 2. The number of fused-ring (bicyclic) bond motifs is 7. The molecule has 1 aromatic rings. The van der Waals surface area contributed by atoms with Crippen LogP contribution in [0.25, 0.3) is 0 Å². The van der Waals surface area contributed by atoms with Gasteiger partial charge in [0.25, 0.3) is 0 Å². The van der Waals surface area contributed by atoms with Crippen molar-refractivity contribution in [2.45, 2.75) is 144 Å².